The molecule has 4 rings (SSSR count). The lowest BCUT2D eigenvalue weighted by Crippen LogP contribution is -2.15. The van der Waals surface area contributed by atoms with E-state index < -0.39 is 27.5 Å². The van der Waals surface area contributed by atoms with E-state index in [1.54, 1.807) is 32.1 Å². The molecule has 3 aromatic carbocycles. The molecule has 196 valence electrons. The molecule has 1 aromatic heterocycles. The van der Waals surface area contributed by atoms with E-state index in [-0.39, 0.29) is 16.1 Å². The molecular weight excluding hydrogens is 513 g/mol. The number of aromatic nitrogens is 1. The van der Waals surface area contributed by atoms with E-state index in [1.165, 1.54) is 41.0 Å². The van der Waals surface area contributed by atoms with E-state index in [4.69, 9.17) is 0 Å². The van der Waals surface area contributed by atoms with Gasteiger partial charge in [-0.1, -0.05) is 48.6 Å². The maximum atomic E-state index is 14.2. The molecule has 1 N–H and O–H groups in total. The number of anilines is 1. The third-order valence-electron chi connectivity index (χ3n) is 6.05. The van der Waals surface area contributed by atoms with Crippen LogP contribution >= 0.6 is 0 Å². The Morgan fingerprint density at radius 2 is 1.50 bits per heavy atom. The highest BCUT2D eigenvalue weighted by Gasteiger charge is 2.35. The standard InChI is InChI=1S/C29H25F3N2O3S/c1-19-17-25(28(35)33-23-12-14-24(15-13-23)38(3,36)37)20(2)34(19)27-16-11-22(18-26(27)29(30,31)32)10-9-21-7-5-4-6-8-21/h4-18H,1-3H3,(H,33,35)/b10-9+. The van der Waals surface area contributed by atoms with Crippen LogP contribution in [0.3, 0.4) is 0 Å². The van der Waals surface area contributed by atoms with Gasteiger partial charge in [-0.05, 0) is 67.4 Å². The molecule has 0 radical (unpaired) electrons. The Bertz CT molecular complexity index is 1620. The van der Waals surface area contributed by atoms with Crippen molar-refractivity contribution in [2.24, 2.45) is 0 Å². The van der Waals surface area contributed by atoms with Crippen molar-refractivity contribution in [3.8, 4) is 5.69 Å². The molecule has 9 heteroatoms. The van der Waals surface area contributed by atoms with Gasteiger partial charge in [0.05, 0.1) is 21.7 Å². The number of alkyl halides is 3. The summed E-state index contributed by atoms with van der Waals surface area (Å²) in [6.07, 6.45) is -0.181. The van der Waals surface area contributed by atoms with E-state index in [9.17, 15) is 26.4 Å². The third-order valence-corrected chi connectivity index (χ3v) is 7.18. The Kier molecular flexibility index (Phi) is 7.33. The SMILES string of the molecule is Cc1cc(C(=O)Nc2ccc(S(C)(=O)=O)cc2)c(C)n1-c1ccc(/C=C/c2ccccc2)cc1C(F)(F)F. The second-order valence-corrected chi connectivity index (χ2v) is 10.9. The smallest absolute Gasteiger partial charge is 0.322 e. The summed E-state index contributed by atoms with van der Waals surface area (Å²) in [5.41, 5.74) is 1.71. The van der Waals surface area contributed by atoms with Crippen molar-refractivity contribution in [2.45, 2.75) is 24.9 Å². The Labute approximate surface area is 219 Å². The summed E-state index contributed by atoms with van der Waals surface area (Å²) >= 11 is 0. The fraction of sp³-hybridized carbons (Fsp3) is 0.138. The monoisotopic (exact) mass is 538 g/mol. The number of hydrogen-bond acceptors (Lipinski definition) is 3. The van der Waals surface area contributed by atoms with Crippen LogP contribution < -0.4 is 5.32 Å². The molecule has 1 amide bonds. The van der Waals surface area contributed by atoms with Gasteiger partial charge in [0.2, 0.25) is 0 Å². The number of nitrogens with zero attached hydrogens (tertiary/aromatic N) is 1. The minimum absolute atomic E-state index is 0.0825. The molecule has 0 aliphatic heterocycles. The van der Waals surface area contributed by atoms with Crippen molar-refractivity contribution in [2.75, 3.05) is 11.6 Å². The Balaban J connectivity index is 1.67. The van der Waals surface area contributed by atoms with Gasteiger partial charge in [0.15, 0.2) is 9.84 Å². The number of rotatable bonds is 6. The zero-order valence-electron chi connectivity index (χ0n) is 20.9. The molecule has 0 atom stereocenters. The molecule has 5 nitrogen and oxygen atoms in total. The fourth-order valence-electron chi connectivity index (χ4n) is 4.18. The van der Waals surface area contributed by atoms with Crippen molar-refractivity contribution in [3.05, 3.63) is 113 Å². The number of aryl methyl sites for hydroxylation is 1. The molecule has 0 aliphatic carbocycles. The molecule has 0 saturated carbocycles. The van der Waals surface area contributed by atoms with Crippen LogP contribution in [0.4, 0.5) is 18.9 Å². The van der Waals surface area contributed by atoms with Gasteiger partial charge in [-0.15, -0.1) is 0 Å². The van der Waals surface area contributed by atoms with Crippen LogP contribution in [0.15, 0.2) is 83.8 Å². The van der Waals surface area contributed by atoms with E-state index in [1.807, 2.05) is 30.3 Å². The molecule has 0 fully saturated rings. The summed E-state index contributed by atoms with van der Waals surface area (Å²) in [4.78, 5) is 13.1. The van der Waals surface area contributed by atoms with Gasteiger partial charge in [0.25, 0.3) is 5.91 Å². The van der Waals surface area contributed by atoms with Gasteiger partial charge >= 0.3 is 6.18 Å². The van der Waals surface area contributed by atoms with Gasteiger partial charge in [-0.25, -0.2) is 8.42 Å². The molecule has 4 aromatic rings. The Morgan fingerprint density at radius 1 is 0.868 bits per heavy atom. The number of carbonyl (C=O) groups excluding carboxylic acids is 1. The van der Waals surface area contributed by atoms with Crippen LogP contribution in [0.1, 0.15) is 38.4 Å². The van der Waals surface area contributed by atoms with Crippen molar-refractivity contribution in [3.63, 3.8) is 0 Å². The van der Waals surface area contributed by atoms with Gasteiger partial charge < -0.3 is 9.88 Å². The lowest BCUT2D eigenvalue weighted by Gasteiger charge is -2.18. The Hall–Kier alpha value is -4.11. The molecule has 1 heterocycles. The van der Waals surface area contributed by atoms with Gasteiger partial charge in [0.1, 0.15) is 0 Å². The van der Waals surface area contributed by atoms with Crippen molar-refractivity contribution < 1.29 is 26.4 Å². The van der Waals surface area contributed by atoms with Crippen LogP contribution in [0, 0.1) is 13.8 Å². The third kappa shape index (κ3) is 5.89. The van der Waals surface area contributed by atoms with Gasteiger partial charge in [0, 0.05) is 23.3 Å². The van der Waals surface area contributed by atoms with E-state index in [0.29, 0.717) is 22.6 Å². The molecule has 38 heavy (non-hydrogen) atoms. The highest BCUT2D eigenvalue weighted by Crippen LogP contribution is 2.37. The van der Waals surface area contributed by atoms with E-state index in [0.717, 1.165) is 17.9 Å². The first-order valence-electron chi connectivity index (χ1n) is 11.6. The van der Waals surface area contributed by atoms with Crippen LogP contribution in [0.5, 0.6) is 0 Å². The maximum Gasteiger partial charge on any atom is 0.418 e. The maximum absolute atomic E-state index is 14.2. The number of sulfone groups is 1. The molecule has 0 bridgehead atoms. The van der Waals surface area contributed by atoms with Crippen LogP contribution in [-0.4, -0.2) is 25.1 Å². The number of carbonyl (C=O) groups is 1. The lowest BCUT2D eigenvalue weighted by atomic mass is 10.1. The molecule has 0 spiro atoms. The summed E-state index contributed by atoms with van der Waals surface area (Å²) in [5.74, 6) is -0.521. The first kappa shape index (κ1) is 26.9. The van der Waals surface area contributed by atoms with Crippen LogP contribution in [0.25, 0.3) is 17.8 Å². The summed E-state index contributed by atoms with van der Waals surface area (Å²) in [6.45, 7) is 3.21. The van der Waals surface area contributed by atoms with Crippen LogP contribution in [-0.2, 0) is 16.0 Å². The van der Waals surface area contributed by atoms with E-state index in [2.05, 4.69) is 5.32 Å². The number of nitrogens with one attached hydrogen (secondary N) is 1. The van der Waals surface area contributed by atoms with E-state index >= 15 is 0 Å². The van der Waals surface area contributed by atoms with Gasteiger partial charge in [-0.3, -0.25) is 4.79 Å². The number of halogens is 3. The van der Waals surface area contributed by atoms with Crippen molar-refractivity contribution in [1.82, 2.24) is 4.57 Å². The van der Waals surface area contributed by atoms with Crippen molar-refractivity contribution >= 4 is 33.6 Å². The summed E-state index contributed by atoms with van der Waals surface area (Å²) in [5, 5.41) is 2.68. The predicted molar refractivity (Wildman–Crippen MR) is 143 cm³/mol. The average Bonchev–Trinajstić information content (AvgIpc) is 3.16. The molecular formula is C29H25F3N2O3S. The minimum Gasteiger partial charge on any atom is -0.322 e. The van der Waals surface area contributed by atoms with Gasteiger partial charge in [-0.2, -0.15) is 13.2 Å². The zero-order valence-corrected chi connectivity index (χ0v) is 21.7. The second kappa shape index (κ2) is 10.3. The first-order chi connectivity index (χ1) is 17.8. The number of amides is 1. The Morgan fingerprint density at radius 3 is 2.11 bits per heavy atom. The lowest BCUT2D eigenvalue weighted by molar-refractivity contribution is -0.137. The summed E-state index contributed by atoms with van der Waals surface area (Å²) in [7, 11) is -3.39. The number of benzene rings is 3. The zero-order chi connectivity index (χ0) is 27.7. The second-order valence-electron chi connectivity index (χ2n) is 8.89. The molecule has 0 unspecified atom stereocenters. The fourth-order valence-corrected chi connectivity index (χ4v) is 4.81. The van der Waals surface area contributed by atoms with Crippen molar-refractivity contribution in [1.29, 1.82) is 0 Å². The van der Waals surface area contributed by atoms with Crippen LogP contribution in [0.2, 0.25) is 0 Å². The topological polar surface area (TPSA) is 68.2 Å². The molecule has 0 saturated heterocycles. The number of hydrogen-bond donors (Lipinski definition) is 1. The minimum atomic E-state index is -4.63. The predicted octanol–water partition coefficient (Wildman–Crippen LogP) is 6.94. The first-order valence-corrected chi connectivity index (χ1v) is 13.5. The highest BCUT2D eigenvalue weighted by atomic mass is 32.2. The largest absolute Gasteiger partial charge is 0.418 e. The molecule has 0 aliphatic rings. The average molecular weight is 539 g/mol. The highest BCUT2D eigenvalue weighted by molar-refractivity contribution is 7.90. The summed E-state index contributed by atoms with van der Waals surface area (Å²) < 4.78 is 67.2. The quantitative estimate of drug-likeness (QED) is 0.271. The normalized spacial score (nSPS) is 12.2. The summed E-state index contributed by atoms with van der Waals surface area (Å²) in [6, 6.07) is 20.5.